The summed E-state index contributed by atoms with van der Waals surface area (Å²) in [7, 11) is 1.43. The molecule has 2 aromatic carbocycles. The molecule has 6 rings (SSSR count). The number of nitrogens with zero attached hydrogens (tertiary/aromatic N) is 1. The summed E-state index contributed by atoms with van der Waals surface area (Å²) in [5.41, 5.74) is 1.23. The lowest BCUT2D eigenvalue weighted by atomic mass is 9.78. The second-order valence-electron chi connectivity index (χ2n) is 25.8. The summed E-state index contributed by atoms with van der Waals surface area (Å²) < 4.78 is 62.1. The molecule has 1 aliphatic carbocycles. The van der Waals surface area contributed by atoms with Crippen molar-refractivity contribution in [2.45, 2.75) is 206 Å². The number of Topliss-reactive ketones (excluding diaryl/α,β-unsaturated/α-hetero) is 3. The predicted molar refractivity (Wildman–Crippen MR) is 332 cm³/mol. The van der Waals surface area contributed by atoms with Gasteiger partial charge in [-0.3, -0.25) is 19.2 Å². The number of benzene rings is 2. The van der Waals surface area contributed by atoms with E-state index in [1.807, 2.05) is 94.5 Å². The Balaban J connectivity index is 1.26. The van der Waals surface area contributed by atoms with Gasteiger partial charge in [0.15, 0.2) is 5.78 Å². The van der Waals surface area contributed by atoms with Crippen molar-refractivity contribution in [3.8, 4) is 0 Å². The van der Waals surface area contributed by atoms with Crippen LogP contribution in [-0.2, 0) is 56.8 Å². The van der Waals surface area contributed by atoms with Crippen LogP contribution in [0.1, 0.15) is 149 Å². The fraction of sp³-hybridized carbons (Fsp3) is 0.638. The summed E-state index contributed by atoms with van der Waals surface area (Å²) in [4.78, 5) is 73.5. The van der Waals surface area contributed by atoms with Crippen molar-refractivity contribution in [3.05, 3.63) is 108 Å². The number of carbonyl (C=O) groups excluding carboxylic acids is 5. The molecule has 2 saturated heterocycles. The van der Waals surface area contributed by atoms with Crippen LogP contribution in [0, 0.1) is 35.5 Å². The van der Waals surface area contributed by atoms with Crippen LogP contribution in [0.3, 0.4) is 0 Å². The molecule has 2 aromatic rings. The number of hydrogen-bond donors (Lipinski definition) is 2. The number of esters is 1. The minimum absolute atomic E-state index is 0.00808. The normalized spacial score (nSPS) is 34.6. The van der Waals surface area contributed by atoms with Gasteiger partial charge in [-0.15, -0.1) is 0 Å². The van der Waals surface area contributed by atoms with Crippen LogP contribution in [0.5, 0.6) is 0 Å². The summed E-state index contributed by atoms with van der Waals surface area (Å²) in [6.45, 7) is 16.6. The van der Waals surface area contributed by atoms with E-state index in [1.54, 1.807) is 41.1 Å². The predicted octanol–water partition coefficient (Wildman–Crippen LogP) is 9.78. The summed E-state index contributed by atoms with van der Waals surface area (Å²) in [5.74, 6) is -8.56. The Morgan fingerprint density at radius 2 is 1.47 bits per heavy atom. The van der Waals surface area contributed by atoms with Crippen molar-refractivity contribution in [1.29, 1.82) is 0 Å². The van der Waals surface area contributed by atoms with Gasteiger partial charge in [0, 0.05) is 58.5 Å². The fourth-order valence-corrected chi connectivity index (χ4v) is 17.7. The summed E-state index contributed by atoms with van der Waals surface area (Å²) in [5, 5.41) is 25.4. The van der Waals surface area contributed by atoms with E-state index < -0.39 is 111 Å². The molecule has 2 bridgehead atoms. The van der Waals surface area contributed by atoms with Crippen molar-refractivity contribution in [3.63, 3.8) is 0 Å². The van der Waals surface area contributed by atoms with E-state index in [0.29, 0.717) is 69.8 Å². The molecule has 0 spiro atoms. The first-order valence-electron chi connectivity index (χ1n) is 32.0. The third-order valence-corrected chi connectivity index (χ3v) is 23.4. The van der Waals surface area contributed by atoms with E-state index in [9.17, 15) is 36.9 Å². The molecule has 470 valence electrons. The molecule has 0 aromatic heterocycles. The van der Waals surface area contributed by atoms with Crippen LogP contribution in [0.15, 0.2) is 108 Å². The van der Waals surface area contributed by atoms with Crippen LogP contribution >= 0.6 is 0 Å². The molecular formula is C69H101NO14Si. The van der Waals surface area contributed by atoms with Gasteiger partial charge in [-0.2, -0.15) is 0 Å². The van der Waals surface area contributed by atoms with Gasteiger partial charge in [0.05, 0.1) is 40.3 Å². The zero-order valence-corrected chi connectivity index (χ0v) is 54.0. The number of allylic oxidation sites excluding steroid dienone is 6. The molecule has 1 amide bonds. The number of hydrogen-bond acceptors (Lipinski definition) is 14. The van der Waals surface area contributed by atoms with Gasteiger partial charge in [0.1, 0.15) is 30.1 Å². The minimum Gasteiger partial charge on any atom is -0.460 e. The van der Waals surface area contributed by atoms with E-state index in [2.05, 4.69) is 45.0 Å². The number of aliphatic hydroxyl groups is 2. The highest BCUT2D eigenvalue weighted by atomic mass is 28.4. The number of amides is 1. The zero-order valence-electron chi connectivity index (χ0n) is 55.0. The molecule has 3 fully saturated rings. The highest BCUT2D eigenvalue weighted by molar-refractivity contribution is 6.99. The van der Waals surface area contributed by atoms with Crippen molar-refractivity contribution in [2.75, 3.05) is 41.0 Å². The van der Waals surface area contributed by atoms with Crippen LogP contribution < -0.4 is 10.4 Å². The average molecular weight is 1200 g/mol. The lowest BCUT2D eigenvalue weighted by Crippen LogP contribution is -2.66. The molecule has 2 N–H and O–H groups in total. The first kappa shape index (κ1) is 66.2. The number of ether oxygens (including phenoxy) is 6. The number of cyclic esters (lactones) is 1. The highest BCUT2D eigenvalue weighted by Gasteiger charge is 2.54. The summed E-state index contributed by atoms with van der Waals surface area (Å²) >= 11 is 0. The van der Waals surface area contributed by atoms with Crippen LogP contribution in [0.25, 0.3) is 0 Å². The Morgan fingerprint density at radius 1 is 0.800 bits per heavy atom. The Hall–Kier alpha value is -4.75. The SMILES string of the molecule is [3H]C([3H])(CO[Si](c1ccccc1)(c1ccccc1)C(C)(C)C)O[C@@H]1CC[C@@H](C[C@@H](C)[C@@H]2CC(=O)[C@H](C)/C=C(\C)[C@@H](O)[C@@H](OC)C(=O)[C@H](C)C[C@H](C)\C=C/C=C/C=C(\C)[C@@H](OC)C[C@@H]3CC[C@@H](C)[C@@](O)(O3)C(=O)C(=O)N3CCCC[C@H]3C(=O)O2)C[C@H]1OC. The number of ketones is 3. The second kappa shape index (κ2) is 31.9. The Labute approximate surface area is 511 Å². The third-order valence-electron chi connectivity index (χ3n) is 18.5. The maximum atomic E-state index is 14.8. The lowest BCUT2D eigenvalue weighted by molar-refractivity contribution is -0.265. The molecule has 3 heterocycles. The minimum atomic E-state index is -3.11. The maximum Gasteiger partial charge on any atom is 0.329 e. The van der Waals surface area contributed by atoms with E-state index in [4.69, 9.17) is 32.8 Å². The zero-order chi connectivity index (χ0) is 64.0. The number of rotatable bonds is 13. The van der Waals surface area contributed by atoms with Gasteiger partial charge in [0.25, 0.3) is 20.0 Å². The Kier molecular flexibility index (Phi) is 24.9. The van der Waals surface area contributed by atoms with Gasteiger partial charge in [-0.25, -0.2) is 4.79 Å². The van der Waals surface area contributed by atoms with E-state index in [-0.39, 0.29) is 54.4 Å². The molecule has 16 heteroatoms. The van der Waals surface area contributed by atoms with Gasteiger partial charge < -0.3 is 48.0 Å². The van der Waals surface area contributed by atoms with E-state index in [1.165, 1.54) is 12.0 Å². The standard InChI is InChI=1S/C69H101NO14Si/c1-45-25-17-14-18-26-46(2)59(78-11)43-53-34-32-51(7)69(77,84-53)65(74)66(75)70-36-24-23-31-56(70)67(76)83-60(44-57(71)47(3)40-50(6)63(73)64(80-13)62(72)49(5)39-45)48(4)41-52-33-35-58(61(42-52)79-12)81-37-38-82-85(68(8,9)10,54-27-19-15-20-28-54)55-29-21-16-22-30-55/h14-22,25-30,40,45,47-49,51-53,56,58-61,63-64,73,77H,23-24,31-39,41-44H2,1-13H3/b18-14+,25-17-,46-26+,50-40+/t45-,47-,48-,49-,51-,52+,53+,56+,58-,59+,60+,61-,63-,64+,69-/m1/s1/i37T2. The average Bonchev–Trinajstić information content (AvgIpc) is 1.20. The van der Waals surface area contributed by atoms with Gasteiger partial charge in [-0.05, 0) is 122 Å². The summed E-state index contributed by atoms with van der Waals surface area (Å²) in [6, 6.07) is 18.9. The molecule has 15 nitrogen and oxygen atoms in total. The number of piperidine rings is 1. The highest BCUT2D eigenvalue weighted by Crippen LogP contribution is 2.40. The van der Waals surface area contributed by atoms with Crippen molar-refractivity contribution in [2.24, 2.45) is 35.5 Å². The second-order valence-corrected chi connectivity index (χ2v) is 30.1. The van der Waals surface area contributed by atoms with Crippen molar-refractivity contribution < 1.29 is 69.8 Å². The van der Waals surface area contributed by atoms with Crippen molar-refractivity contribution >= 4 is 47.9 Å². The van der Waals surface area contributed by atoms with E-state index in [0.717, 1.165) is 15.9 Å². The van der Waals surface area contributed by atoms with Crippen molar-refractivity contribution in [1.82, 2.24) is 4.90 Å². The van der Waals surface area contributed by atoms with Gasteiger partial charge in [0.2, 0.25) is 5.79 Å². The Bertz CT molecular complexity index is 2690. The molecule has 0 radical (unpaired) electrons. The molecule has 85 heavy (non-hydrogen) atoms. The molecule has 4 aliphatic rings. The quantitative estimate of drug-likeness (QED) is 0.0833. The van der Waals surface area contributed by atoms with Gasteiger partial charge >= 0.3 is 5.97 Å². The topological polar surface area (TPSA) is 194 Å². The molecule has 3 aliphatic heterocycles. The molecular weight excluding hydrogens is 1090 g/mol. The maximum absolute atomic E-state index is 14.8. The summed E-state index contributed by atoms with van der Waals surface area (Å²) in [6.07, 6.45) is 10.0. The monoisotopic (exact) mass is 1200 g/mol. The van der Waals surface area contributed by atoms with Gasteiger partial charge in [-0.1, -0.05) is 153 Å². The number of carbonyl (C=O) groups is 5. The first-order chi connectivity index (χ1) is 41.1. The largest absolute Gasteiger partial charge is 0.460 e. The molecule has 15 atom stereocenters. The van der Waals surface area contributed by atoms with Crippen LogP contribution in [-0.4, -0.2) is 148 Å². The Morgan fingerprint density at radius 3 is 2.09 bits per heavy atom. The third kappa shape index (κ3) is 17.5. The smallest absolute Gasteiger partial charge is 0.329 e. The number of methoxy groups -OCH3 is 3. The van der Waals surface area contributed by atoms with Crippen LogP contribution in [0.2, 0.25) is 5.04 Å². The first-order valence-corrected chi connectivity index (χ1v) is 32.9. The van der Waals surface area contributed by atoms with Crippen LogP contribution in [0.4, 0.5) is 0 Å². The molecule has 0 unspecified atom stereocenters. The molecule has 1 saturated carbocycles. The van der Waals surface area contributed by atoms with E-state index >= 15 is 0 Å². The lowest BCUT2D eigenvalue weighted by Gasteiger charge is -2.43. The number of aliphatic hydroxyl groups excluding tert-OH is 1. The number of fused-ring (bicyclic) bond motifs is 3. The fourth-order valence-electron chi connectivity index (χ4n) is 13.3.